The van der Waals surface area contributed by atoms with E-state index in [1.807, 2.05) is 0 Å². The molecule has 0 saturated carbocycles. The van der Waals surface area contributed by atoms with Crippen LogP contribution in [-0.2, 0) is 0 Å². The van der Waals surface area contributed by atoms with E-state index in [1.54, 1.807) is 11.3 Å². The first-order valence-electron chi connectivity index (χ1n) is 6.83. The summed E-state index contributed by atoms with van der Waals surface area (Å²) < 4.78 is 1.84. The largest absolute Gasteiger partial charge is 0.506 e. The van der Waals surface area contributed by atoms with E-state index in [-0.39, 0.29) is 6.04 Å². The highest BCUT2D eigenvalue weighted by atomic mass is 127. The van der Waals surface area contributed by atoms with Crippen molar-refractivity contribution in [3.05, 3.63) is 47.2 Å². The molecule has 2 heterocycles. The van der Waals surface area contributed by atoms with Crippen molar-refractivity contribution >= 4 is 56.5 Å². The molecule has 2 N–H and O–H groups in total. The molecular formula is C15H16I2N2OS. The number of nitrogens with zero attached hydrogens (tertiary/aromatic N) is 1. The number of thiophene rings is 1. The van der Waals surface area contributed by atoms with Crippen LogP contribution in [0.4, 0.5) is 0 Å². The van der Waals surface area contributed by atoms with Gasteiger partial charge in [0.2, 0.25) is 0 Å². The van der Waals surface area contributed by atoms with Gasteiger partial charge < -0.3 is 10.4 Å². The molecule has 1 aliphatic heterocycles. The second-order valence-electron chi connectivity index (χ2n) is 5.04. The first-order valence-corrected chi connectivity index (χ1v) is 9.86. The molecule has 1 aliphatic rings. The van der Waals surface area contributed by atoms with E-state index >= 15 is 0 Å². The van der Waals surface area contributed by atoms with Crippen molar-refractivity contribution in [2.45, 2.75) is 6.04 Å². The summed E-state index contributed by atoms with van der Waals surface area (Å²) in [5.74, 6) is 0.394. The maximum atomic E-state index is 10.0. The van der Waals surface area contributed by atoms with Crippen LogP contribution in [0.2, 0.25) is 0 Å². The standard InChI is InChI=1S/C15H16I2N2OS/c16-11-8-10(9-12(17)15(11)20)14(13-2-1-7-21-13)19-5-3-18-4-6-19/h1-2,7-9,14,18,20H,3-6H2/t14-/m0/s1. The van der Waals surface area contributed by atoms with Crippen molar-refractivity contribution in [3.8, 4) is 5.75 Å². The van der Waals surface area contributed by atoms with Crippen LogP contribution in [0.25, 0.3) is 0 Å². The van der Waals surface area contributed by atoms with Crippen LogP contribution in [0, 0.1) is 7.14 Å². The minimum atomic E-state index is 0.287. The lowest BCUT2D eigenvalue weighted by Gasteiger charge is -2.35. The van der Waals surface area contributed by atoms with Crippen LogP contribution in [0.15, 0.2) is 29.6 Å². The molecule has 2 aromatic rings. The molecule has 0 unspecified atom stereocenters. The summed E-state index contributed by atoms with van der Waals surface area (Å²) in [5, 5.41) is 15.6. The van der Waals surface area contributed by atoms with Gasteiger partial charge in [-0.25, -0.2) is 0 Å². The number of hydrogen-bond donors (Lipinski definition) is 2. The number of benzene rings is 1. The first kappa shape index (κ1) is 16.0. The lowest BCUT2D eigenvalue weighted by molar-refractivity contribution is 0.200. The van der Waals surface area contributed by atoms with E-state index in [9.17, 15) is 5.11 Å². The zero-order valence-corrected chi connectivity index (χ0v) is 16.5. The Kier molecular flexibility index (Phi) is 5.41. The smallest absolute Gasteiger partial charge is 0.142 e. The Bertz CT molecular complexity index is 589. The van der Waals surface area contributed by atoms with Crippen molar-refractivity contribution in [2.75, 3.05) is 26.2 Å². The molecule has 3 rings (SSSR count). The second-order valence-corrected chi connectivity index (χ2v) is 8.34. The van der Waals surface area contributed by atoms with Gasteiger partial charge in [-0.3, -0.25) is 4.90 Å². The molecule has 0 aliphatic carbocycles. The monoisotopic (exact) mass is 526 g/mol. The summed E-state index contributed by atoms with van der Waals surface area (Å²) in [6.45, 7) is 4.18. The fourth-order valence-corrected chi connectivity index (χ4v) is 5.39. The number of phenols is 1. The highest BCUT2D eigenvalue weighted by Gasteiger charge is 2.25. The van der Waals surface area contributed by atoms with Gasteiger partial charge in [-0.05, 0) is 74.3 Å². The highest BCUT2D eigenvalue weighted by Crippen LogP contribution is 2.36. The zero-order valence-electron chi connectivity index (χ0n) is 11.4. The molecule has 1 atom stereocenters. The highest BCUT2D eigenvalue weighted by molar-refractivity contribution is 14.1. The van der Waals surface area contributed by atoms with Gasteiger partial charge in [-0.1, -0.05) is 6.07 Å². The maximum Gasteiger partial charge on any atom is 0.142 e. The average molecular weight is 526 g/mol. The first-order chi connectivity index (χ1) is 10.2. The van der Waals surface area contributed by atoms with E-state index < -0.39 is 0 Å². The van der Waals surface area contributed by atoms with Gasteiger partial charge >= 0.3 is 0 Å². The number of phenolic OH excluding ortho intramolecular Hbond substituents is 1. The van der Waals surface area contributed by atoms with Crippen molar-refractivity contribution in [1.29, 1.82) is 0 Å². The van der Waals surface area contributed by atoms with Crippen LogP contribution in [0.3, 0.4) is 0 Å². The molecule has 112 valence electrons. The van der Waals surface area contributed by atoms with Crippen LogP contribution in [0.5, 0.6) is 5.75 Å². The molecule has 21 heavy (non-hydrogen) atoms. The zero-order chi connectivity index (χ0) is 14.8. The minimum absolute atomic E-state index is 0.287. The molecular weight excluding hydrogens is 510 g/mol. The third-order valence-electron chi connectivity index (χ3n) is 3.68. The van der Waals surface area contributed by atoms with Gasteiger partial charge in [-0.2, -0.15) is 0 Å². The summed E-state index contributed by atoms with van der Waals surface area (Å²) in [7, 11) is 0. The van der Waals surface area contributed by atoms with Crippen molar-refractivity contribution in [3.63, 3.8) is 0 Å². The van der Waals surface area contributed by atoms with Crippen molar-refractivity contribution < 1.29 is 5.11 Å². The minimum Gasteiger partial charge on any atom is -0.506 e. The molecule has 0 spiro atoms. The molecule has 1 saturated heterocycles. The van der Waals surface area contributed by atoms with E-state index in [2.05, 4.69) is 85.0 Å². The summed E-state index contributed by atoms with van der Waals surface area (Å²) in [4.78, 5) is 3.90. The van der Waals surface area contributed by atoms with Crippen LogP contribution < -0.4 is 5.32 Å². The molecule has 0 bridgehead atoms. The second kappa shape index (κ2) is 7.12. The van der Waals surface area contributed by atoms with Gasteiger partial charge in [-0.15, -0.1) is 11.3 Å². The lowest BCUT2D eigenvalue weighted by atomic mass is 10.0. The quantitative estimate of drug-likeness (QED) is 0.600. The summed E-state index contributed by atoms with van der Waals surface area (Å²) in [5.41, 5.74) is 1.27. The predicted octanol–water partition coefficient (Wildman–Crippen LogP) is 3.66. The van der Waals surface area contributed by atoms with Crippen LogP contribution in [-0.4, -0.2) is 36.2 Å². The van der Waals surface area contributed by atoms with E-state index in [0.29, 0.717) is 5.75 Å². The molecule has 1 fully saturated rings. The van der Waals surface area contributed by atoms with Crippen LogP contribution in [0.1, 0.15) is 16.5 Å². The number of nitrogens with one attached hydrogen (secondary N) is 1. The number of piperazine rings is 1. The third kappa shape index (κ3) is 3.54. The Morgan fingerprint density at radius 2 is 1.86 bits per heavy atom. The number of halogens is 2. The van der Waals surface area contributed by atoms with E-state index in [0.717, 1.165) is 33.3 Å². The Balaban J connectivity index is 2.02. The number of rotatable bonds is 3. The Hall–Kier alpha value is 0.100. The maximum absolute atomic E-state index is 10.0. The summed E-state index contributed by atoms with van der Waals surface area (Å²) in [6.07, 6.45) is 0. The van der Waals surface area contributed by atoms with E-state index in [1.165, 1.54) is 10.4 Å². The molecule has 1 aromatic heterocycles. The average Bonchev–Trinajstić information content (AvgIpc) is 3.00. The normalized spacial score (nSPS) is 17.8. The summed E-state index contributed by atoms with van der Waals surface area (Å²) in [6, 6.07) is 8.85. The number of aromatic hydroxyl groups is 1. The van der Waals surface area contributed by atoms with Crippen molar-refractivity contribution in [1.82, 2.24) is 10.2 Å². The predicted molar refractivity (Wildman–Crippen MR) is 104 cm³/mol. The van der Waals surface area contributed by atoms with Crippen LogP contribution >= 0.6 is 56.5 Å². The molecule has 1 aromatic carbocycles. The van der Waals surface area contributed by atoms with Crippen molar-refractivity contribution in [2.24, 2.45) is 0 Å². The lowest BCUT2D eigenvalue weighted by Crippen LogP contribution is -2.45. The molecule has 6 heteroatoms. The topological polar surface area (TPSA) is 35.5 Å². The fraction of sp³-hybridized carbons (Fsp3) is 0.333. The SMILES string of the molecule is Oc1c(I)cc([C@@H](c2cccs2)N2CCNCC2)cc1I. The van der Waals surface area contributed by atoms with Gasteiger partial charge in [0.05, 0.1) is 13.2 Å². The van der Waals surface area contributed by atoms with Gasteiger partial charge in [0, 0.05) is 31.1 Å². The van der Waals surface area contributed by atoms with E-state index in [4.69, 9.17) is 0 Å². The Labute approximate surface area is 156 Å². The van der Waals surface area contributed by atoms with Gasteiger partial charge in [0.1, 0.15) is 5.75 Å². The third-order valence-corrected chi connectivity index (χ3v) is 6.25. The molecule has 0 radical (unpaired) electrons. The molecule has 0 amide bonds. The fourth-order valence-electron chi connectivity index (χ4n) is 2.69. The van der Waals surface area contributed by atoms with Gasteiger partial charge in [0.25, 0.3) is 0 Å². The number of hydrogen-bond acceptors (Lipinski definition) is 4. The molecule has 3 nitrogen and oxygen atoms in total. The Morgan fingerprint density at radius 1 is 1.19 bits per heavy atom. The van der Waals surface area contributed by atoms with Gasteiger partial charge in [0.15, 0.2) is 0 Å². The summed E-state index contributed by atoms with van der Waals surface area (Å²) >= 11 is 6.24. The Morgan fingerprint density at radius 3 is 2.43 bits per heavy atom.